The normalized spacial score (nSPS) is 25.3. The molecule has 0 aromatic heterocycles. The minimum absolute atomic E-state index is 0.358. The van der Waals surface area contributed by atoms with Gasteiger partial charge in [-0.2, -0.15) is 11.8 Å². The Labute approximate surface area is 122 Å². The second kappa shape index (κ2) is 6.42. The summed E-state index contributed by atoms with van der Waals surface area (Å²) >= 11 is 5.47. The fourth-order valence-corrected chi connectivity index (χ4v) is 3.97. The van der Waals surface area contributed by atoms with Crippen LogP contribution in [0.1, 0.15) is 31.4 Å². The van der Waals surface area contributed by atoms with E-state index < -0.39 is 6.10 Å². The van der Waals surface area contributed by atoms with E-state index in [2.05, 4.69) is 28.2 Å². The second-order valence-electron chi connectivity index (χ2n) is 5.10. The Morgan fingerprint density at radius 1 is 1.56 bits per heavy atom. The smallest absolute Gasteiger partial charge is 0.0914 e. The number of nitrogens with one attached hydrogen (secondary N) is 1. The van der Waals surface area contributed by atoms with Crippen LogP contribution in [0, 0.1) is 0 Å². The van der Waals surface area contributed by atoms with Gasteiger partial charge in [0, 0.05) is 22.3 Å². The molecule has 18 heavy (non-hydrogen) atoms. The molecule has 0 saturated carbocycles. The third kappa shape index (κ3) is 3.98. The summed E-state index contributed by atoms with van der Waals surface area (Å²) in [5.41, 5.74) is 0.959. The lowest BCUT2D eigenvalue weighted by Gasteiger charge is -2.24. The van der Waals surface area contributed by atoms with Gasteiger partial charge in [0.15, 0.2) is 0 Å². The van der Waals surface area contributed by atoms with Crippen LogP contribution in [0.25, 0.3) is 0 Å². The predicted molar refractivity (Wildman–Crippen MR) is 82.1 cm³/mol. The molecule has 2 atom stereocenters. The quantitative estimate of drug-likeness (QED) is 0.868. The first-order chi connectivity index (χ1) is 8.59. The van der Waals surface area contributed by atoms with Crippen LogP contribution >= 0.6 is 27.7 Å². The second-order valence-corrected chi connectivity index (χ2v) is 7.70. The summed E-state index contributed by atoms with van der Waals surface area (Å²) in [5, 5.41) is 13.5. The molecule has 2 nitrogen and oxygen atoms in total. The summed E-state index contributed by atoms with van der Waals surface area (Å²) in [6.07, 6.45) is 2.16. The SMILES string of the molecule is CC1(CNCC(O)c2cccc(Br)c2)CCCS1. The maximum atomic E-state index is 10.1. The molecule has 1 heterocycles. The molecule has 1 aliphatic heterocycles. The minimum Gasteiger partial charge on any atom is -0.387 e. The number of hydrogen-bond donors (Lipinski definition) is 2. The van der Waals surface area contributed by atoms with E-state index in [4.69, 9.17) is 0 Å². The van der Waals surface area contributed by atoms with Crippen molar-refractivity contribution in [1.82, 2.24) is 5.32 Å². The zero-order valence-corrected chi connectivity index (χ0v) is 13.1. The third-order valence-electron chi connectivity index (χ3n) is 3.37. The van der Waals surface area contributed by atoms with Crippen LogP contribution in [0.4, 0.5) is 0 Å². The van der Waals surface area contributed by atoms with Gasteiger partial charge >= 0.3 is 0 Å². The van der Waals surface area contributed by atoms with Gasteiger partial charge < -0.3 is 10.4 Å². The summed E-state index contributed by atoms with van der Waals surface area (Å²) in [6.45, 7) is 3.90. The van der Waals surface area contributed by atoms with Gasteiger partial charge in [0.1, 0.15) is 0 Å². The van der Waals surface area contributed by atoms with Crippen LogP contribution in [0.3, 0.4) is 0 Å². The van der Waals surface area contributed by atoms with E-state index in [1.165, 1.54) is 18.6 Å². The average Bonchev–Trinajstić information content (AvgIpc) is 2.76. The Morgan fingerprint density at radius 3 is 3.06 bits per heavy atom. The lowest BCUT2D eigenvalue weighted by molar-refractivity contribution is 0.173. The number of thioether (sulfide) groups is 1. The van der Waals surface area contributed by atoms with Gasteiger partial charge in [0.2, 0.25) is 0 Å². The third-order valence-corrected chi connectivity index (χ3v) is 5.40. The van der Waals surface area contributed by atoms with Crippen molar-refractivity contribution in [1.29, 1.82) is 0 Å². The van der Waals surface area contributed by atoms with Crippen molar-refractivity contribution in [2.45, 2.75) is 30.6 Å². The number of hydrogen-bond acceptors (Lipinski definition) is 3. The zero-order valence-electron chi connectivity index (χ0n) is 10.7. The highest BCUT2D eigenvalue weighted by molar-refractivity contribution is 9.10. The van der Waals surface area contributed by atoms with Crippen LogP contribution in [-0.4, -0.2) is 28.7 Å². The molecule has 1 saturated heterocycles. The van der Waals surface area contributed by atoms with Crippen molar-refractivity contribution in [3.05, 3.63) is 34.3 Å². The maximum absolute atomic E-state index is 10.1. The van der Waals surface area contributed by atoms with Crippen molar-refractivity contribution in [3.8, 4) is 0 Å². The summed E-state index contributed by atoms with van der Waals surface area (Å²) in [4.78, 5) is 0. The van der Waals surface area contributed by atoms with Gasteiger partial charge in [-0.3, -0.25) is 0 Å². The van der Waals surface area contributed by atoms with Crippen LogP contribution in [0.2, 0.25) is 0 Å². The standard InChI is InChI=1S/C14H20BrNOS/c1-14(6-3-7-18-14)10-16-9-13(17)11-4-2-5-12(15)8-11/h2,4-5,8,13,16-17H,3,6-7,9-10H2,1H3. The van der Waals surface area contributed by atoms with Crippen LogP contribution < -0.4 is 5.32 Å². The van der Waals surface area contributed by atoms with Crippen molar-refractivity contribution < 1.29 is 5.11 Å². The summed E-state index contributed by atoms with van der Waals surface area (Å²) in [7, 11) is 0. The average molecular weight is 330 g/mol. The molecule has 0 radical (unpaired) electrons. The van der Waals surface area contributed by atoms with E-state index in [-0.39, 0.29) is 0 Å². The highest BCUT2D eigenvalue weighted by atomic mass is 79.9. The van der Waals surface area contributed by atoms with Crippen LogP contribution in [-0.2, 0) is 0 Å². The van der Waals surface area contributed by atoms with Gasteiger partial charge in [-0.1, -0.05) is 28.1 Å². The molecule has 0 aliphatic carbocycles. The van der Waals surface area contributed by atoms with Crippen LogP contribution in [0.15, 0.2) is 28.7 Å². The molecular weight excluding hydrogens is 310 g/mol. The van der Waals surface area contributed by atoms with Gasteiger partial charge in [-0.05, 0) is 43.2 Å². The van der Waals surface area contributed by atoms with E-state index in [0.717, 1.165) is 16.6 Å². The predicted octanol–water partition coefficient (Wildman–Crippen LogP) is 3.36. The number of aliphatic hydroxyl groups is 1. The van der Waals surface area contributed by atoms with Crippen molar-refractivity contribution in [2.75, 3.05) is 18.8 Å². The van der Waals surface area contributed by atoms with E-state index in [1.54, 1.807) is 0 Å². The largest absolute Gasteiger partial charge is 0.387 e. The lowest BCUT2D eigenvalue weighted by atomic mass is 10.1. The highest BCUT2D eigenvalue weighted by Gasteiger charge is 2.28. The van der Waals surface area contributed by atoms with E-state index in [0.29, 0.717) is 11.3 Å². The van der Waals surface area contributed by atoms with E-state index in [1.807, 2.05) is 36.0 Å². The zero-order chi connectivity index (χ0) is 13.0. The molecule has 1 aromatic rings. The van der Waals surface area contributed by atoms with E-state index in [9.17, 15) is 5.11 Å². The number of benzene rings is 1. The highest BCUT2D eigenvalue weighted by Crippen LogP contribution is 2.37. The molecule has 0 bridgehead atoms. The Morgan fingerprint density at radius 2 is 2.39 bits per heavy atom. The molecule has 100 valence electrons. The Bertz CT molecular complexity index is 393. The first kappa shape index (κ1) is 14.4. The van der Waals surface area contributed by atoms with E-state index >= 15 is 0 Å². The Kier molecular flexibility index (Phi) is 5.13. The molecule has 2 rings (SSSR count). The van der Waals surface area contributed by atoms with Crippen LogP contribution in [0.5, 0.6) is 0 Å². The first-order valence-electron chi connectivity index (χ1n) is 6.37. The number of aliphatic hydroxyl groups excluding tert-OH is 1. The molecule has 2 N–H and O–H groups in total. The first-order valence-corrected chi connectivity index (χ1v) is 8.15. The lowest BCUT2D eigenvalue weighted by Crippen LogP contribution is -2.35. The maximum Gasteiger partial charge on any atom is 0.0914 e. The van der Waals surface area contributed by atoms with Gasteiger partial charge in [-0.25, -0.2) is 0 Å². The molecule has 0 amide bonds. The monoisotopic (exact) mass is 329 g/mol. The van der Waals surface area contributed by atoms with Gasteiger partial charge in [-0.15, -0.1) is 0 Å². The fourth-order valence-electron chi connectivity index (χ4n) is 2.28. The number of rotatable bonds is 5. The van der Waals surface area contributed by atoms with Crippen molar-refractivity contribution >= 4 is 27.7 Å². The van der Waals surface area contributed by atoms with Crippen molar-refractivity contribution in [2.24, 2.45) is 0 Å². The molecule has 4 heteroatoms. The summed E-state index contributed by atoms with van der Waals surface area (Å²) < 4.78 is 1.37. The minimum atomic E-state index is -0.433. The molecule has 1 aliphatic rings. The molecular formula is C14H20BrNOS. The number of halogens is 1. The molecule has 1 aromatic carbocycles. The fraction of sp³-hybridized carbons (Fsp3) is 0.571. The molecule has 1 fully saturated rings. The summed E-state index contributed by atoms with van der Waals surface area (Å²) in [5.74, 6) is 1.27. The summed E-state index contributed by atoms with van der Waals surface area (Å²) in [6, 6.07) is 7.86. The van der Waals surface area contributed by atoms with Gasteiger partial charge in [0.05, 0.1) is 6.10 Å². The molecule has 0 spiro atoms. The molecule has 2 unspecified atom stereocenters. The topological polar surface area (TPSA) is 32.3 Å². The van der Waals surface area contributed by atoms with Gasteiger partial charge in [0.25, 0.3) is 0 Å². The van der Waals surface area contributed by atoms with Crippen molar-refractivity contribution in [3.63, 3.8) is 0 Å². The Hall–Kier alpha value is -0.0300. The Balaban J connectivity index is 1.79.